The number of hydrogen-bond acceptors (Lipinski definition) is 5. The van der Waals surface area contributed by atoms with Crippen LogP contribution in [0.4, 0.5) is 5.69 Å². The Labute approximate surface area is 159 Å². The van der Waals surface area contributed by atoms with Crippen LogP contribution in [-0.2, 0) is 20.6 Å². The lowest BCUT2D eigenvalue weighted by Crippen LogP contribution is -2.48. The topological polar surface area (TPSA) is 79.6 Å². The molecule has 0 spiro atoms. The monoisotopic (exact) mass is 396 g/mol. The average molecular weight is 397 g/mol. The molecule has 0 saturated carbocycles. The van der Waals surface area contributed by atoms with Gasteiger partial charge in [-0.15, -0.1) is 0 Å². The number of anilines is 1. The molecule has 1 aromatic carbocycles. The number of rotatable bonds is 9. The minimum atomic E-state index is -3.59. The molecule has 26 heavy (non-hydrogen) atoms. The number of furan rings is 1. The number of nitrogens with zero attached hydrogens (tertiary/aromatic N) is 1. The zero-order valence-electron chi connectivity index (χ0n) is 15.1. The van der Waals surface area contributed by atoms with Crippen molar-refractivity contribution in [2.45, 2.75) is 25.6 Å². The maximum atomic E-state index is 12.4. The first-order chi connectivity index (χ1) is 12.3. The summed E-state index contributed by atoms with van der Waals surface area (Å²) in [7, 11) is -3.59. The molecule has 1 aromatic heterocycles. The van der Waals surface area contributed by atoms with Gasteiger partial charge < -0.3 is 9.73 Å². The van der Waals surface area contributed by atoms with E-state index in [1.807, 2.05) is 25.1 Å². The molecule has 0 fully saturated rings. The molecule has 8 heteroatoms. The second kappa shape index (κ2) is 9.14. The number of benzene rings is 1. The van der Waals surface area contributed by atoms with Gasteiger partial charge in [0.1, 0.15) is 11.8 Å². The fourth-order valence-corrected chi connectivity index (χ4v) is 4.46. The van der Waals surface area contributed by atoms with E-state index >= 15 is 0 Å². The Morgan fingerprint density at radius 3 is 2.69 bits per heavy atom. The molecule has 0 saturated heterocycles. The van der Waals surface area contributed by atoms with E-state index in [-0.39, 0.29) is 5.91 Å². The molecule has 0 aliphatic rings. The molecule has 1 amide bonds. The van der Waals surface area contributed by atoms with Gasteiger partial charge in [-0.2, -0.15) is 11.8 Å². The summed E-state index contributed by atoms with van der Waals surface area (Å²) >= 11 is 1.64. The minimum absolute atomic E-state index is 0.324. The van der Waals surface area contributed by atoms with E-state index in [9.17, 15) is 13.2 Å². The Morgan fingerprint density at radius 2 is 2.08 bits per heavy atom. The van der Waals surface area contributed by atoms with Gasteiger partial charge in [0, 0.05) is 12.3 Å². The number of carbonyl (C=O) groups excluding carboxylic acids is 1. The molecule has 1 atom stereocenters. The lowest BCUT2D eigenvalue weighted by atomic mass is 10.2. The highest BCUT2D eigenvalue weighted by Crippen LogP contribution is 2.22. The number of sulfonamides is 1. The van der Waals surface area contributed by atoms with Crippen molar-refractivity contribution in [3.05, 3.63) is 54.0 Å². The quantitative estimate of drug-likeness (QED) is 0.660. The molecule has 6 nitrogen and oxygen atoms in total. The first-order valence-electron chi connectivity index (χ1n) is 8.23. The Morgan fingerprint density at radius 1 is 1.31 bits per heavy atom. The van der Waals surface area contributed by atoms with E-state index in [1.165, 1.54) is 0 Å². The van der Waals surface area contributed by atoms with Crippen LogP contribution >= 0.6 is 11.8 Å². The van der Waals surface area contributed by atoms with Gasteiger partial charge in [0.15, 0.2) is 0 Å². The highest BCUT2D eigenvalue weighted by atomic mass is 32.2. The van der Waals surface area contributed by atoms with Crippen LogP contribution in [-0.4, -0.2) is 38.9 Å². The summed E-state index contributed by atoms with van der Waals surface area (Å²) < 4.78 is 30.9. The molecule has 0 unspecified atom stereocenters. The van der Waals surface area contributed by atoms with Gasteiger partial charge in [-0.3, -0.25) is 9.10 Å². The van der Waals surface area contributed by atoms with Crippen molar-refractivity contribution < 1.29 is 17.6 Å². The zero-order chi connectivity index (χ0) is 19.2. The number of amides is 1. The third kappa shape index (κ3) is 5.81. The van der Waals surface area contributed by atoms with E-state index in [4.69, 9.17) is 4.42 Å². The molecular weight excluding hydrogens is 372 g/mol. The van der Waals surface area contributed by atoms with Crippen molar-refractivity contribution in [1.82, 2.24) is 5.32 Å². The summed E-state index contributed by atoms with van der Waals surface area (Å²) in [5, 5.41) is 2.80. The van der Waals surface area contributed by atoms with E-state index in [0.717, 1.165) is 27.6 Å². The number of aryl methyl sites for hydroxylation is 1. The van der Waals surface area contributed by atoms with E-state index in [2.05, 4.69) is 5.32 Å². The number of carbonyl (C=O) groups is 1. The molecule has 0 aliphatic heterocycles. The third-order valence-electron chi connectivity index (χ3n) is 3.71. The fraction of sp³-hybridized carbons (Fsp3) is 0.389. The van der Waals surface area contributed by atoms with Crippen molar-refractivity contribution in [3.63, 3.8) is 0 Å². The zero-order valence-corrected chi connectivity index (χ0v) is 16.8. The van der Waals surface area contributed by atoms with Crippen molar-refractivity contribution in [3.8, 4) is 0 Å². The normalized spacial score (nSPS) is 12.6. The van der Waals surface area contributed by atoms with Gasteiger partial charge in [-0.05, 0) is 43.7 Å². The summed E-state index contributed by atoms with van der Waals surface area (Å²) in [6.45, 7) is 3.93. The third-order valence-corrected chi connectivity index (χ3v) is 5.94. The van der Waals surface area contributed by atoms with E-state index in [1.54, 1.807) is 43.1 Å². The van der Waals surface area contributed by atoms with Crippen molar-refractivity contribution in [1.29, 1.82) is 0 Å². The maximum absolute atomic E-state index is 12.4. The van der Waals surface area contributed by atoms with E-state index < -0.39 is 16.1 Å². The summed E-state index contributed by atoms with van der Waals surface area (Å²) in [6.07, 6.45) is 2.74. The smallest absolute Gasteiger partial charge is 0.243 e. The maximum Gasteiger partial charge on any atom is 0.243 e. The highest BCUT2D eigenvalue weighted by molar-refractivity contribution is 7.98. The second-order valence-electron chi connectivity index (χ2n) is 6.00. The van der Waals surface area contributed by atoms with Gasteiger partial charge in [0.25, 0.3) is 0 Å². The molecular formula is C18H24N2O4S2. The van der Waals surface area contributed by atoms with Crippen molar-refractivity contribution in [2.24, 2.45) is 0 Å². The van der Waals surface area contributed by atoms with Gasteiger partial charge in [0.2, 0.25) is 15.9 Å². The Kier molecular flexibility index (Phi) is 7.16. The summed E-state index contributed by atoms with van der Waals surface area (Å²) in [5.74, 6) is 2.01. The summed E-state index contributed by atoms with van der Waals surface area (Å²) in [6, 6.07) is 10.0. The lowest BCUT2D eigenvalue weighted by Gasteiger charge is -2.28. The van der Waals surface area contributed by atoms with Crippen LogP contribution in [0.2, 0.25) is 0 Å². The largest absolute Gasteiger partial charge is 0.468 e. The molecule has 2 aromatic rings. The van der Waals surface area contributed by atoms with Crippen LogP contribution in [0.15, 0.2) is 47.1 Å². The van der Waals surface area contributed by atoms with Crippen LogP contribution in [0.1, 0.15) is 18.2 Å². The van der Waals surface area contributed by atoms with Crippen LogP contribution in [0.3, 0.4) is 0 Å². The van der Waals surface area contributed by atoms with Crippen LogP contribution in [0.5, 0.6) is 0 Å². The van der Waals surface area contributed by atoms with Crippen molar-refractivity contribution >= 4 is 33.4 Å². The van der Waals surface area contributed by atoms with Crippen LogP contribution < -0.4 is 9.62 Å². The van der Waals surface area contributed by atoms with Gasteiger partial charge >= 0.3 is 0 Å². The van der Waals surface area contributed by atoms with Gasteiger partial charge in [-0.1, -0.05) is 12.1 Å². The first kappa shape index (κ1) is 20.4. The summed E-state index contributed by atoms with van der Waals surface area (Å²) in [4.78, 5) is 12.4. The second-order valence-corrected chi connectivity index (χ2v) is 8.96. The number of thioether (sulfide) groups is 1. The van der Waals surface area contributed by atoms with Gasteiger partial charge in [0.05, 0.1) is 24.0 Å². The Bertz CT molecular complexity index is 819. The number of hydrogen-bond donors (Lipinski definition) is 1. The predicted molar refractivity (Wildman–Crippen MR) is 106 cm³/mol. The molecule has 0 radical (unpaired) electrons. The Hall–Kier alpha value is -1.93. The highest BCUT2D eigenvalue weighted by Gasteiger charge is 2.28. The fourth-order valence-electron chi connectivity index (χ4n) is 2.54. The number of nitrogens with one attached hydrogen (secondary N) is 1. The van der Waals surface area contributed by atoms with Crippen molar-refractivity contribution in [2.75, 3.05) is 22.9 Å². The lowest BCUT2D eigenvalue weighted by molar-refractivity contribution is -0.121. The first-order valence-corrected chi connectivity index (χ1v) is 11.2. The molecule has 1 N–H and O–H groups in total. The average Bonchev–Trinajstić information content (AvgIpc) is 3.06. The predicted octanol–water partition coefficient (Wildman–Crippen LogP) is 2.79. The molecule has 142 valence electrons. The van der Waals surface area contributed by atoms with Gasteiger partial charge in [-0.25, -0.2) is 8.42 Å². The molecule has 0 bridgehead atoms. The molecule has 0 aliphatic carbocycles. The van der Waals surface area contributed by atoms with E-state index in [0.29, 0.717) is 18.0 Å². The summed E-state index contributed by atoms with van der Waals surface area (Å²) in [5.41, 5.74) is 1.42. The Balaban J connectivity index is 1.92. The molecule has 1 heterocycles. The molecule has 2 rings (SSSR count). The SMILES string of the molecule is Cc1cccc(N([C@H](C)C(=O)NCCSCc2ccco2)S(C)(=O)=O)c1. The standard InChI is InChI=1S/C18H24N2O4S2/c1-14-6-4-7-16(12-14)20(26(3,22)23)15(2)18(21)19-9-11-25-13-17-8-5-10-24-17/h4-8,10,12,15H,9,11,13H2,1-3H3,(H,19,21)/t15-/m1/s1. The minimum Gasteiger partial charge on any atom is -0.468 e. The van der Waals surface area contributed by atoms with Crippen LogP contribution in [0.25, 0.3) is 0 Å². The van der Waals surface area contributed by atoms with Crippen LogP contribution in [0, 0.1) is 6.92 Å².